The van der Waals surface area contributed by atoms with Crippen LogP contribution in [0, 0.1) is 0 Å². The van der Waals surface area contributed by atoms with Gasteiger partial charge in [-0.25, -0.2) is 9.97 Å². The highest BCUT2D eigenvalue weighted by Crippen LogP contribution is 2.49. The number of fused-ring (bicyclic) bond motifs is 2. The van der Waals surface area contributed by atoms with Gasteiger partial charge in [-0.15, -0.1) is 0 Å². The number of hydrogen-bond donors (Lipinski definition) is 5. The molecule has 6 rings (SSSR count). The summed E-state index contributed by atoms with van der Waals surface area (Å²) in [6, 6.07) is 0. The SMILES string of the molecule is CP(C)(=O)[C@H]1CC[C@@H](Cn2cnc3c(Cl)nc(N)nc32)O1.Nc1nc(N)c2ncn(C[C@@H]3CCC(P(=O)([O-])O)O3)c2n1.[NH4+]. The maximum Gasteiger partial charge on any atom is 0.224 e. The first-order valence-corrected chi connectivity index (χ1v) is 17.6. The summed E-state index contributed by atoms with van der Waals surface area (Å²) >= 11 is 6.00. The lowest BCUT2D eigenvalue weighted by Gasteiger charge is -2.23. The lowest BCUT2D eigenvalue weighted by atomic mass is 10.2. The summed E-state index contributed by atoms with van der Waals surface area (Å²) < 4.78 is 37.9. The van der Waals surface area contributed by atoms with Crippen LogP contribution in [0.15, 0.2) is 12.7 Å². The molecule has 4 aromatic heterocycles. The Kier molecular flexibility index (Phi) is 9.64. The quantitative estimate of drug-likeness (QED) is 0.145. The highest BCUT2D eigenvalue weighted by Gasteiger charge is 2.34. The summed E-state index contributed by atoms with van der Waals surface area (Å²) in [4.78, 5) is 44.3. The summed E-state index contributed by atoms with van der Waals surface area (Å²) in [6.07, 6.45) is 5.25. The Morgan fingerprint density at radius 2 is 1.37 bits per heavy atom. The fourth-order valence-electron chi connectivity index (χ4n) is 4.95. The van der Waals surface area contributed by atoms with E-state index in [1.165, 1.54) is 6.33 Å². The molecular formula is C22H35ClN12O6P2. The van der Waals surface area contributed by atoms with Crippen molar-refractivity contribution in [2.24, 2.45) is 0 Å². The molecule has 0 bridgehead atoms. The third-order valence-electron chi connectivity index (χ3n) is 6.98. The molecule has 11 N–H and O–H groups in total. The van der Waals surface area contributed by atoms with Crippen LogP contribution >= 0.6 is 26.3 Å². The number of anilines is 3. The molecule has 43 heavy (non-hydrogen) atoms. The van der Waals surface area contributed by atoms with Crippen LogP contribution in [0.5, 0.6) is 0 Å². The van der Waals surface area contributed by atoms with Gasteiger partial charge in [-0.05, 0) is 39.0 Å². The van der Waals surface area contributed by atoms with E-state index in [9.17, 15) is 14.0 Å². The zero-order valence-electron chi connectivity index (χ0n) is 23.8. The van der Waals surface area contributed by atoms with Gasteiger partial charge in [0.25, 0.3) is 0 Å². The Hall–Kier alpha value is -2.95. The minimum atomic E-state index is -4.47. The number of aromatic nitrogens is 8. The minimum Gasteiger partial charge on any atom is -0.777 e. The van der Waals surface area contributed by atoms with Crippen molar-refractivity contribution in [3.63, 3.8) is 0 Å². The molecule has 0 aromatic carbocycles. The van der Waals surface area contributed by atoms with E-state index in [0.29, 0.717) is 41.8 Å². The largest absolute Gasteiger partial charge is 0.777 e. The number of nitrogens with zero attached hydrogens (tertiary/aromatic N) is 8. The first-order chi connectivity index (χ1) is 19.7. The summed E-state index contributed by atoms with van der Waals surface area (Å²) in [5.41, 5.74) is 18.9. The van der Waals surface area contributed by atoms with Crippen LogP contribution in [0.2, 0.25) is 5.15 Å². The summed E-state index contributed by atoms with van der Waals surface area (Å²) in [7, 11) is -6.69. The maximum atomic E-state index is 12.1. The van der Waals surface area contributed by atoms with Gasteiger partial charge < -0.3 is 60.9 Å². The molecule has 0 spiro atoms. The lowest BCUT2D eigenvalue weighted by molar-refractivity contribution is -0.204. The van der Waals surface area contributed by atoms with E-state index < -0.39 is 20.6 Å². The second-order valence-corrected chi connectivity index (χ2v) is 16.1. The molecular weight excluding hydrogens is 626 g/mol. The third kappa shape index (κ3) is 7.41. The molecule has 0 amide bonds. The van der Waals surface area contributed by atoms with Crippen LogP contribution in [0.1, 0.15) is 25.7 Å². The van der Waals surface area contributed by atoms with Crippen LogP contribution in [0.25, 0.3) is 22.3 Å². The number of hydrogen-bond acceptors (Lipinski definition) is 14. The summed E-state index contributed by atoms with van der Waals surface area (Å²) in [6.45, 7) is 4.45. The van der Waals surface area contributed by atoms with Crippen LogP contribution in [0.3, 0.4) is 0 Å². The molecule has 18 nitrogen and oxygen atoms in total. The maximum absolute atomic E-state index is 12.1. The van der Waals surface area contributed by atoms with Crippen LogP contribution in [-0.2, 0) is 31.7 Å². The Balaban J connectivity index is 0.000000192. The summed E-state index contributed by atoms with van der Waals surface area (Å²) in [5.74, 6) is -0.971. The van der Waals surface area contributed by atoms with E-state index in [0.717, 1.165) is 12.8 Å². The van der Waals surface area contributed by atoms with Crippen molar-refractivity contribution >= 4 is 66.4 Å². The molecule has 5 atom stereocenters. The number of quaternary nitrogens is 1. The zero-order chi connectivity index (χ0) is 30.4. The van der Waals surface area contributed by atoms with Gasteiger partial charge in [0.2, 0.25) is 11.9 Å². The highest BCUT2D eigenvalue weighted by molar-refractivity contribution is 7.62. The van der Waals surface area contributed by atoms with Gasteiger partial charge in [0.05, 0.1) is 38.0 Å². The van der Waals surface area contributed by atoms with Crippen molar-refractivity contribution < 1.29 is 28.4 Å². The number of halogens is 1. The monoisotopic (exact) mass is 660 g/mol. The predicted octanol–water partition coefficient (Wildman–Crippen LogP) is 1.61. The molecule has 0 saturated carbocycles. The van der Waals surface area contributed by atoms with E-state index in [2.05, 4.69) is 29.9 Å². The van der Waals surface area contributed by atoms with Gasteiger partial charge in [0.1, 0.15) is 29.9 Å². The molecule has 236 valence electrons. The molecule has 2 unspecified atom stereocenters. The number of ether oxygens (including phenoxy) is 2. The second kappa shape index (κ2) is 12.6. The smallest absolute Gasteiger partial charge is 0.224 e. The average Bonchev–Trinajstić information content (AvgIpc) is 3.67. The Morgan fingerprint density at radius 1 is 0.884 bits per heavy atom. The zero-order valence-corrected chi connectivity index (χ0v) is 26.3. The van der Waals surface area contributed by atoms with Gasteiger partial charge >= 0.3 is 0 Å². The molecule has 2 aliphatic rings. The van der Waals surface area contributed by atoms with Gasteiger partial charge in [-0.2, -0.15) is 19.9 Å². The molecule has 21 heteroatoms. The second-order valence-electron chi connectivity index (χ2n) is 10.6. The fraction of sp³-hybridized carbons (Fsp3) is 0.545. The van der Waals surface area contributed by atoms with Crippen molar-refractivity contribution in [2.75, 3.05) is 30.5 Å². The number of nitrogens with two attached hydrogens (primary N) is 3. The van der Waals surface area contributed by atoms with E-state index in [1.807, 2.05) is 4.57 Å². The normalized spacial score (nSPS) is 23.6. The molecule has 0 radical (unpaired) electrons. The van der Waals surface area contributed by atoms with Crippen molar-refractivity contribution in [1.29, 1.82) is 0 Å². The van der Waals surface area contributed by atoms with E-state index in [4.69, 9.17) is 43.2 Å². The predicted molar refractivity (Wildman–Crippen MR) is 160 cm³/mol. The Morgan fingerprint density at radius 3 is 1.88 bits per heavy atom. The van der Waals surface area contributed by atoms with Gasteiger partial charge in [-0.3, -0.25) is 0 Å². The standard InChI is InChI=1S/C12H17ClN5O2P.C10H15N6O4P.H3N/c1-21(2,19)8-4-3-7(20-8)5-18-6-15-9-10(13)16-12(14)17-11(9)18;11-8-7-9(15-10(12)14-8)16(4-13-7)3-5-1-2-6(20-5)21(17,18)19;/h6-8H,3-5H2,1-2H3,(H2,14,16,17);4-6H,1-3H2,(H2,17,18,19)(H4,11,12,14,15);1H3/t7-,8-;5-,6?;/m00./s1. The van der Waals surface area contributed by atoms with Crippen LogP contribution in [0.4, 0.5) is 17.7 Å². The van der Waals surface area contributed by atoms with Crippen molar-refractivity contribution in [3.05, 3.63) is 17.8 Å². The summed E-state index contributed by atoms with van der Waals surface area (Å²) in [5, 5.41) is 0.244. The van der Waals surface area contributed by atoms with Crippen molar-refractivity contribution in [3.8, 4) is 0 Å². The number of rotatable bonds is 6. The van der Waals surface area contributed by atoms with Crippen LogP contribution in [-0.4, -0.2) is 81.2 Å². The van der Waals surface area contributed by atoms with E-state index >= 15 is 0 Å². The van der Waals surface area contributed by atoms with Gasteiger partial charge in [0.15, 0.2) is 29.9 Å². The Labute approximate surface area is 250 Å². The average molecular weight is 661 g/mol. The molecule has 2 fully saturated rings. The molecule has 2 saturated heterocycles. The van der Waals surface area contributed by atoms with Crippen LogP contribution < -0.4 is 28.2 Å². The fourth-order valence-corrected chi connectivity index (χ4v) is 7.21. The first-order valence-electron chi connectivity index (χ1n) is 13.0. The number of imidazole rings is 2. The topological polar surface area (TPSA) is 298 Å². The van der Waals surface area contributed by atoms with Crippen molar-refractivity contribution in [2.45, 2.75) is 62.7 Å². The van der Waals surface area contributed by atoms with E-state index in [1.54, 1.807) is 24.2 Å². The van der Waals surface area contributed by atoms with Gasteiger partial charge in [-0.1, -0.05) is 11.6 Å². The Bertz CT molecular complexity index is 1580. The molecule has 6 heterocycles. The number of nitrogen functional groups attached to an aromatic ring is 3. The minimum absolute atomic E-state index is 0. The molecule has 0 aliphatic carbocycles. The van der Waals surface area contributed by atoms with Crippen molar-refractivity contribution in [1.82, 2.24) is 45.2 Å². The van der Waals surface area contributed by atoms with Gasteiger partial charge in [0, 0.05) is 0 Å². The van der Waals surface area contributed by atoms with E-state index in [-0.39, 0.29) is 53.5 Å². The lowest BCUT2D eigenvalue weighted by Crippen LogP contribution is -2.20. The first kappa shape index (κ1) is 33.0. The molecule has 4 aromatic rings. The highest BCUT2D eigenvalue weighted by atomic mass is 35.5. The third-order valence-corrected chi connectivity index (χ3v) is 10.1. The molecule has 2 aliphatic heterocycles.